The summed E-state index contributed by atoms with van der Waals surface area (Å²) >= 11 is 1.88. The minimum atomic E-state index is 0.202. The van der Waals surface area contributed by atoms with E-state index in [1.54, 1.807) is 0 Å². The number of rotatable bonds is 5. The molecule has 1 aromatic rings. The van der Waals surface area contributed by atoms with E-state index in [0.717, 1.165) is 17.9 Å². The third-order valence-electron chi connectivity index (χ3n) is 1.53. The molecule has 6 heteroatoms. The van der Waals surface area contributed by atoms with Crippen LogP contribution < -0.4 is 11.5 Å². The fourth-order valence-corrected chi connectivity index (χ4v) is 1.80. The fourth-order valence-electron chi connectivity index (χ4n) is 0.978. The highest BCUT2D eigenvalue weighted by Crippen LogP contribution is 2.06. The molecule has 0 spiro atoms. The van der Waals surface area contributed by atoms with E-state index in [1.807, 2.05) is 11.8 Å². The van der Waals surface area contributed by atoms with E-state index in [1.165, 1.54) is 6.42 Å². The molecule has 0 fully saturated rings. The average molecular weight is 213 g/mol. The maximum absolute atomic E-state index is 5.44. The lowest BCUT2D eigenvalue weighted by Crippen LogP contribution is -2.07. The molecule has 78 valence electrons. The molecule has 0 bridgehead atoms. The number of thioether (sulfide) groups is 1. The molecule has 0 saturated carbocycles. The molecular formula is C8H15N5S. The van der Waals surface area contributed by atoms with E-state index >= 15 is 0 Å². The van der Waals surface area contributed by atoms with Crippen molar-refractivity contribution >= 4 is 23.7 Å². The molecular weight excluding hydrogens is 198 g/mol. The number of anilines is 2. The first-order valence-corrected chi connectivity index (χ1v) is 5.71. The van der Waals surface area contributed by atoms with E-state index in [2.05, 4.69) is 21.9 Å². The third-order valence-corrected chi connectivity index (χ3v) is 2.72. The van der Waals surface area contributed by atoms with Crippen LogP contribution in [0.25, 0.3) is 0 Å². The van der Waals surface area contributed by atoms with Crippen molar-refractivity contribution < 1.29 is 0 Å². The van der Waals surface area contributed by atoms with Crippen LogP contribution in [0.4, 0.5) is 11.9 Å². The Morgan fingerprint density at radius 3 is 2.29 bits per heavy atom. The van der Waals surface area contributed by atoms with Crippen molar-refractivity contribution in [2.45, 2.75) is 19.8 Å². The Labute approximate surface area is 87.7 Å². The number of nitrogens with zero attached hydrogens (tertiary/aromatic N) is 3. The lowest BCUT2D eigenvalue weighted by molar-refractivity contribution is 0.921. The molecule has 0 saturated heterocycles. The minimum absolute atomic E-state index is 0.202. The highest BCUT2D eigenvalue weighted by atomic mass is 32.2. The third kappa shape index (κ3) is 3.78. The van der Waals surface area contributed by atoms with Gasteiger partial charge in [-0.15, -0.1) is 0 Å². The number of aryl methyl sites for hydroxylation is 1. The van der Waals surface area contributed by atoms with Gasteiger partial charge in [0.15, 0.2) is 0 Å². The Bertz CT molecular complexity index is 271. The summed E-state index contributed by atoms with van der Waals surface area (Å²) in [4.78, 5) is 11.7. The lowest BCUT2D eigenvalue weighted by Gasteiger charge is -2.01. The largest absolute Gasteiger partial charge is 0.368 e. The molecule has 5 nitrogen and oxygen atoms in total. The number of hydrogen-bond donors (Lipinski definition) is 2. The molecule has 0 aliphatic rings. The minimum Gasteiger partial charge on any atom is -0.368 e. The molecule has 0 amide bonds. The predicted octanol–water partition coefficient (Wildman–Crippen LogP) is 0.722. The fraction of sp³-hybridized carbons (Fsp3) is 0.625. The molecule has 0 radical (unpaired) electrons. The maximum atomic E-state index is 5.44. The van der Waals surface area contributed by atoms with Gasteiger partial charge in [-0.3, -0.25) is 0 Å². The Kier molecular flexibility index (Phi) is 4.45. The Morgan fingerprint density at radius 2 is 1.71 bits per heavy atom. The summed E-state index contributed by atoms with van der Waals surface area (Å²) in [5.74, 6) is 3.24. The number of hydrogen-bond acceptors (Lipinski definition) is 6. The molecule has 1 heterocycles. The molecule has 1 aromatic heterocycles. The van der Waals surface area contributed by atoms with Crippen molar-refractivity contribution in [3.8, 4) is 0 Å². The summed E-state index contributed by atoms with van der Waals surface area (Å²) in [5, 5.41) is 0. The molecule has 0 aliphatic carbocycles. The summed E-state index contributed by atoms with van der Waals surface area (Å²) in [6.45, 7) is 2.16. The Balaban J connectivity index is 2.42. The Morgan fingerprint density at radius 1 is 1.07 bits per heavy atom. The first-order valence-electron chi connectivity index (χ1n) is 4.56. The van der Waals surface area contributed by atoms with Crippen molar-refractivity contribution in [3.63, 3.8) is 0 Å². The van der Waals surface area contributed by atoms with Crippen molar-refractivity contribution in [2.75, 3.05) is 23.0 Å². The smallest absolute Gasteiger partial charge is 0.225 e. The zero-order valence-corrected chi connectivity index (χ0v) is 9.05. The molecule has 0 aromatic carbocycles. The van der Waals surface area contributed by atoms with Gasteiger partial charge >= 0.3 is 0 Å². The summed E-state index contributed by atoms with van der Waals surface area (Å²) in [5.41, 5.74) is 10.9. The maximum Gasteiger partial charge on any atom is 0.225 e. The highest BCUT2D eigenvalue weighted by Gasteiger charge is 2.01. The second-order valence-corrected chi connectivity index (χ2v) is 4.06. The summed E-state index contributed by atoms with van der Waals surface area (Å²) in [6, 6.07) is 0. The van der Waals surface area contributed by atoms with Crippen molar-refractivity contribution in [2.24, 2.45) is 0 Å². The molecule has 1 rings (SSSR count). The summed E-state index contributed by atoms with van der Waals surface area (Å²) in [7, 11) is 0. The van der Waals surface area contributed by atoms with Crippen LogP contribution in [0.1, 0.15) is 19.2 Å². The lowest BCUT2D eigenvalue weighted by atomic mass is 10.4. The normalized spacial score (nSPS) is 10.4. The van der Waals surface area contributed by atoms with Gasteiger partial charge in [0, 0.05) is 12.2 Å². The van der Waals surface area contributed by atoms with Crippen LogP contribution in [0.15, 0.2) is 0 Å². The number of nitrogens with two attached hydrogens (primary N) is 2. The second kappa shape index (κ2) is 5.64. The molecule has 0 aliphatic heterocycles. The summed E-state index contributed by atoms with van der Waals surface area (Å²) < 4.78 is 0. The second-order valence-electron chi connectivity index (χ2n) is 2.83. The molecule has 0 atom stereocenters. The van der Waals surface area contributed by atoms with Crippen molar-refractivity contribution in [1.82, 2.24) is 15.0 Å². The summed E-state index contributed by atoms with van der Waals surface area (Å²) in [6.07, 6.45) is 1.98. The SMILES string of the molecule is CCCSCCc1nc(N)nc(N)n1. The Hall–Kier alpha value is -1.04. The van der Waals surface area contributed by atoms with Crippen molar-refractivity contribution in [3.05, 3.63) is 5.82 Å². The molecule has 4 N–H and O–H groups in total. The van der Waals surface area contributed by atoms with E-state index in [4.69, 9.17) is 11.5 Å². The van der Waals surface area contributed by atoms with Crippen LogP contribution in [0.5, 0.6) is 0 Å². The quantitative estimate of drug-likeness (QED) is 0.700. The van der Waals surface area contributed by atoms with E-state index in [9.17, 15) is 0 Å². The van der Waals surface area contributed by atoms with E-state index in [-0.39, 0.29) is 11.9 Å². The zero-order valence-electron chi connectivity index (χ0n) is 8.23. The van der Waals surface area contributed by atoms with Crippen LogP contribution in [-0.4, -0.2) is 26.5 Å². The van der Waals surface area contributed by atoms with Gasteiger partial charge in [-0.25, -0.2) is 0 Å². The topological polar surface area (TPSA) is 90.7 Å². The van der Waals surface area contributed by atoms with E-state index < -0.39 is 0 Å². The molecule has 14 heavy (non-hydrogen) atoms. The number of aromatic nitrogens is 3. The van der Waals surface area contributed by atoms with Crippen LogP contribution >= 0.6 is 11.8 Å². The van der Waals surface area contributed by atoms with Crippen LogP contribution in [0.3, 0.4) is 0 Å². The van der Waals surface area contributed by atoms with Crippen LogP contribution in [0, 0.1) is 0 Å². The van der Waals surface area contributed by atoms with Crippen molar-refractivity contribution in [1.29, 1.82) is 0 Å². The first-order chi connectivity index (χ1) is 6.72. The van der Waals surface area contributed by atoms with Crippen LogP contribution in [-0.2, 0) is 6.42 Å². The van der Waals surface area contributed by atoms with Gasteiger partial charge in [0.25, 0.3) is 0 Å². The van der Waals surface area contributed by atoms with Gasteiger partial charge < -0.3 is 11.5 Å². The van der Waals surface area contributed by atoms with Gasteiger partial charge in [0.2, 0.25) is 11.9 Å². The average Bonchev–Trinajstić information content (AvgIpc) is 2.11. The molecule has 0 unspecified atom stereocenters. The van der Waals surface area contributed by atoms with Gasteiger partial charge in [0.05, 0.1) is 0 Å². The standard InChI is InChI=1S/C8H15N5S/c1-2-4-14-5-3-6-11-7(9)13-8(10)12-6/h2-5H2,1H3,(H4,9,10,11,12,13). The van der Waals surface area contributed by atoms with Gasteiger partial charge in [-0.1, -0.05) is 6.92 Å². The highest BCUT2D eigenvalue weighted by molar-refractivity contribution is 7.99. The monoisotopic (exact) mass is 213 g/mol. The van der Waals surface area contributed by atoms with Crippen LogP contribution in [0.2, 0.25) is 0 Å². The predicted molar refractivity (Wildman–Crippen MR) is 60.0 cm³/mol. The first kappa shape index (κ1) is 11.0. The van der Waals surface area contributed by atoms with E-state index in [0.29, 0.717) is 5.82 Å². The zero-order chi connectivity index (χ0) is 10.4. The van der Waals surface area contributed by atoms with Gasteiger partial charge in [-0.2, -0.15) is 26.7 Å². The number of nitrogen functional groups attached to an aromatic ring is 2. The van der Waals surface area contributed by atoms with Gasteiger partial charge in [0.1, 0.15) is 5.82 Å². The van der Waals surface area contributed by atoms with Gasteiger partial charge in [-0.05, 0) is 12.2 Å².